The van der Waals surface area contributed by atoms with Crippen LogP contribution in [0.3, 0.4) is 0 Å². The van der Waals surface area contributed by atoms with Crippen molar-refractivity contribution in [2.45, 2.75) is 13.8 Å². The summed E-state index contributed by atoms with van der Waals surface area (Å²) in [4.78, 5) is 12.3. The fourth-order valence-corrected chi connectivity index (χ4v) is 2.17. The van der Waals surface area contributed by atoms with Gasteiger partial charge in [0.2, 0.25) is 0 Å². The van der Waals surface area contributed by atoms with E-state index in [1.807, 2.05) is 38.1 Å². The van der Waals surface area contributed by atoms with E-state index < -0.39 is 0 Å². The summed E-state index contributed by atoms with van der Waals surface area (Å²) < 4.78 is 5.48. The maximum Gasteiger partial charge on any atom is 0.257 e. The average Bonchev–Trinajstić information content (AvgIpc) is 2.41. The van der Waals surface area contributed by atoms with E-state index >= 15 is 0 Å². The number of nitrogens with one attached hydrogen (secondary N) is 1. The van der Waals surface area contributed by atoms with Gasteiger partial charge in [-0.2, -0.15) is 0 Å². The molecule has 0 spiro atoms. The molecular weight excluding hydrogens is 274 g/mol. The molecule has 3 nitrogen and oxygen atoms in total. The molecule has 0 atom stereocenters. The quantitative estimate of drug-likeness (QED) is 0.911. The minimum absolute atomic E-state index is 0.248. The van der Waals surface area contributed by atoms with Gasteiger partial charge in [-0.05, 0) is 43.7 Å². The number of benzene rings is 2. The summed E-state index contributed by atoms with van der Waals surface area (Å²) in [6.07, 6.45) is 0. The van der Waals surface area contributed by atoms with Crippen LogP contribution in [0.4, 0.5) is 5.69 Å². The molecule has 1 amide bonds. The van der Waals surface area contributed by atoms with Crippen LogP contribution in [0.15, 0.2) is 42.5 Å². The van der Waals surface area contributed by atoms with Crippen LogP contribution in [-0.4, -0.2) is 12.5 Å². The number of amides is 1. The van der Waals surface area contributed by atoms with E-state index in [-0.39, 0.29) is 5.91 Å². The Balaban J connectivity index is 2.23. The highest BCUT2D eigenvalue weighted by Crippen LogP contribution is 2.25. The molecule has 0 saturated carbocycles. The molecule has 4 heteroatoms. The summed E-state index contributed by atoms with van der Waals surface area (Å²) in [6, 6.07) is 12.7. The molecule has 0 aromatic heterocycles. The van der Waals surface area contributed by atoms with Gasteiger partial charge in [0, 0.05) is 0 Å². The van der Waals surface area contributed by atoms with E-state index in [4.69, 9.17) is 16.3 Å². The maximum absolute atomic E-state index is 12.3. The lowest BCUT2D eigenvalue weighted by Crippen LogP contribution is -2.13. The summed E-state index contributed by atoms with van der Waals surface area (Å²) in [7, 11) is 0. The fourth-order valence-electron chi connectivity index (χ4n) is 1.85. The normalized spacial score (nSPS) is 10.2. The number of anilines is 1. The van der Waals surface area contributed by atoms with E-state index in [1.54, 1.807) is 18.2 Å². The van der Waals surface area contributed by atoms with Crippen LogP contribution < -0.4 is 10.1 Å². The highest BCUT2D eigenvalue weighted by Gasteiger charge is 2.12. The van der Waals surface area contributed by atoms with Crippen molar-refractivity contribution < 1.29 is 9.53 Å². The fraction of sp³-hybridized carbons (Fsp3) is 0.188. The molecule has 0 saturated heterocycles. The summed E-state index contributed by atoms with van der Waals surface area (Å²) in [5.74, 6) is 0.397. The minimum Gasteiger partial charge on any atom is -0.492 e. The number of carbonyl (C=O) groups is 1. The van der Waals surface area contributed by atoms with Gasteiger partial charge in [0.05, 0.1) is 22.9 Å². The van der Waals surface area contributed by atoms with E-state index in [2.05, 4.69) is 5.32 Å². The predicted molar refractivity (Wildman–Crippen MR) is 81.8 cm³/mol. The summed E-state index contributed by atoms with van der Waals surface area (Å²) in [5.41, 5.74) is 2.10. The zero-order chi connectivity index (χ0) is 14.5. The Morgan fingerprint density at radius 2 is 2.00 bits per heavy atom. The SMILES string of the molecule is CCOc1ccccc1NC(=O)c1ccc(C)cc1Cl. The first-order valence-electron chi connectivity index (χ1n) is 6.41. The Labute approximate surface area is 123 Å². The van der Waals surface area contributed by atoms with Gasteiger partial charge < -0.3 is 10.1 Å². The molecule has 1 N–H and O–H groups in total. The predicted octanol–water partition coefficient (Wildman–Crippen LogP) is 4.30. The zero-order valence-corrected chi connectivity index (χ0v) is 12.2. The Morgan fingerprint density at radius 1 is 1.25 bits per heavy atom. The highest BCUT2D eigenvalue weighted by atomic mass is 35.5. The van der Waals surface area contributed by atoms with Gasteiger partial charge in [0.25, 0.3) is 5.91 Å². The lowest BCUT2D eigenvalue weighted by atomic mass is 10.1. The van der Waals surface area contributed by atoms with E-state index in [1.165, 1.54) is 0 Å². The largest absolute Gasteiger partial charge is 0.492 e. The van der Waals surface area contributed by atoms with Crippen molar-refractivity contribution in [1.82, 2.24) is 0 Å². The highest BCUT2D eigenvalue weighted by molar-refractivity contribution is 6.34. The van der Waals surface area contributed by atoms with Gasteiger partial charge in [-0.3, -0.25) is 4.79 Å². The Morgan fingerprint density at radius 3 is 2.70 bits per heavy atom. The van der Waals surface area contributed by atoms with Crippen LogP contribution in [0.5, 0.6) is 5.75 Å². The number of hydrogen-bond acceptors (Lipinski definition) is 2. The molecule has 0 aliphatic carbocycles. The molecule has 104 valence electrons. The average molecular weight is 290 g/mol. The molecule has 0 fully saturated rings. The number of ether oxygens (including phenoxy) is 1. The lowest BCUT2D eigenvalue weighted by molar-refractivity contribution is 0.102. The van der Waals surface area contributed by atoms with Crippen molar-refractivity contribution >= 4 is 23.2 Å². The minimum atomic E-state index is -0.248. The van der Waals surface area contributed by atoms with E-state index in [9.17, 15) is 4.79 Å². The molecule has 0 aliphatic heterocycles. The van der Waals surface area contributed by atoms with Crippen LogP contribution in [-0.2, 0) is 0 Å². The first-order valence-corrected chi connectivity index (χ1v) is 6.79. The maximum atomic E-state index is 12.3. The topological polar surface area (TPSA) is 38.3 Å². The smallest absolute Gasteiger partial charge is 0.257 e. The first-order chi connectivity index (χ1) is 9.61. The number of halogens is 1. The summed E-state index contributed by atoms with van der Waals surface area (Å²) in [5, 5.41) is 3.26. The van der Waals surface area contributed by atoms with Crippen molar-refractivity contribution in [3.8, 4) is 5.75 Å². The number of rotatable bonds is 4. The molecule has 0 heterocycles. The third kappa shape index (κ3) is 3.31. The number of para-hydroxylation sites is 2. The third-order valence-electron chi connectivity index (χ3n) is 2.80. The van der Waals surface area contributed by atoms with Gasteiger partial charge in [0.1, 0.15) is 5.75 Å². The second-order valence-corrected chi connectivity index (χ2v) is 4.77. The van der Waals surface area contributed by atoms with Gasteiger partial charge in [-0.15, -0.1) is 0 Å². The molecule has 0 radical (unpaired) electrons. The molecule has 2 aromatic rings. The zero-order valence-electron chi connectivity index (χ0n) is 11.4. The Hall–Kier alpha value is -2.00. The van der Waals surface area contributed by atoms with Crippen LogP contribution >= 0.6 is 11.6 Å². The molecule has 2 rings (SSSR count). The van der Waals surface area contributed by atoms with Crippen LogP contribution in [0.1, 0.15) is 22.8 Å². The van der Waals surface area contributed by atoms with Crippen molar-refractivity contribution in [2.75, 3.05) is 11.9 Å². The molecule has 2 aromatic carbocycles. The summed E-state index contributed by atoms with van der Waals surface area (Å²) >= 11 is 6.10. The molecule has 0 bridgehead atoms. The van der Waals surface area contributed by atoms with E-state index in [0.29, 0.717) is 28.6 Å². The van der Waals surface area contributed by atoms with Crippen molar-refractivity contribution in [3.05, 3.63) is 58.6 Å². The third-order valence-corrected chi connectivity index (χ3v) is 3.12. The number of aryl methyl sites for hydroxylation is 1. The number of carbonyl (C=O) groups excluding carboxylic acids is 1. The molecule has 0 aliphatic rings. The van der Waals surface area contributed by atoms with Gasteiger partial charge >= 0.3 is 0 Å². The van der Waals surface area contributed by atoms with Crippen LogP contribution in [0, 0.1) is 6.92 Å². The van der Waals surface area contributed by atoms with Gasteiger partial charge in [0.15, 0.2) is 0 Å². The number of hydrogen-bond donors (Lipinski definition) is 1. The second-order valence-electron chi connectivity index (χ2n) is 4.37. The Kier molecular flexibility index (Phi) is 4.64. The van der Waals surface area contributed by atoms with Crippen molar-refractivity contribution in [2.24, 2.45) is 0 Å². The van der Waals surface area contributed by atoms with E-state index in [0.717, 1.165) is 5.56 Å². The molecule has 20 heavy (non-hydrogen) atoms. The van der Waals surface area contributed by atoms with Crippen molar-refractivity contribution in [1.29, 1.82) is 0 Å². The first kappa shape index (κ1) is 14.4. The van der Waals surface area contributed by atoms with Crippen molar-refractivity contribution in [3.63, 3.8) is 0 Å². The monoisotopic (exact) mass is 289 g/mol. The Bertz CT molecular complexity index is 626. The lowest BCUT2D eigenvalue weighted by Gasteiger charge is -2.12. The van der Waals surface area contributed by atoms with Crippen LogP contribution in [0.2, 0.25) is 5.02 Å². The summed E-state index contributed by atoms with van der Waals surface area (Å²) in [6.45, 7) is 4.37. The second kappa shape index (κ2) is 6.44. The van der Waals surface area contributed by atoms with Gasteiger partial charge in [-0.25, -0.2) is 0 Å². The standard InChI is InChI=1S/C16H16ClNO2/c1-3-20-15-7-5-4-6-14(15)18-16(19)12-9-8-11(2)10-13(12)17/h4-10H,3H2,1-2H3,(H,18,19). The molecular formula is C16H16ClNO2. The van der Waals surface area contributed by atoms with Gasteiger partial charge in [-0.1, -0.05) is 29.8 Å². The van der Waals surface area contributed by atoms with Crippen LogP contribution in [0.25, 0.3) is 0 Å². The molecule has 0 unspecified atom stereocenters.